The summed E-state index contributed by atoms with van der Waals surface area (Å²) in [6.07, 6.45) is 1.70. The van der Waals surface area contributed by atoms with Crippen molar-refractivity contribution in [3.63, 3.8) is 0 Å². The third-order valence-corrected chi connectivity index (χ3v) is 3.76. The number of benzene rings is 2. The predicted octanol–water partition coefficient (Wildman–Crippen LogP) is 4.66. The normalized spacial score (nSPS) is 10.2. The van der Waals surface area contributed by atoms with Gasteiger partial charge >= 0.3 is 6.03 Å². The first-order chi connectivity index (χ1) is 11.0. The lowest BCUT2D eigenvalue weighted by Gasteiger charge is -2.15. The van der Waals surface area contributed by atoms with Crippen molar-refractivity contribution in [1.29, 1.82) is 0 Å². The lowest BCUT2D eigenvalue weighted by molar-refractivity contribution is 0.101. The molecule has 0 atom stereocenters. The van der Waals surface area contributed by atoms with Gasteiger partial charge in [0.25, 0.3) is 0 Å². The van der Waals surface area contributed by atoms with Gasteiger partial charge in [-0.1, -0.05) is 44.2 Å². The average Bonchev–Trinajstić information content (AvgIpc) is 2.55. The second-order valence-corrected chi connectivity index (χ2v) is 5.37. The standard InChI is InChI=1S/C19H22N2O2/c1-4-14-8-6-9-15(5-2)18(14)21-19(23)20-17-11-7-10-16(12-17)13(3)22/h6-12H,4-5H2,1-3H3,(H2,20,21,23). The number of anilines is 2. The number of ketones is 1. The second kappa shape index (κ2) is 7.58. The number of amides is 2. The molecule has 2 aromatic rings. The van der Waals surface area contributed by atoms with Gasteiger partial charge in [0.1, 0.15) is 0 Å². The van der Waals surface area contributed by atoms with E-state index in [-0.39, 0.29) is 11.8 Å². The van der Waals surface area contributed by atoms with Crippen LogP contribution in [0.2, 0.25) is 0 Å². The van der Waals surface area contributed by atoms with Crippen molar-refractivity contribution >= 4 is 23.2 Å². The quantitative estimate of drug-likeness (QED) is 0.789. The highest BCUT2D eigenvalue weighted by Crippen LogP contribution is 2.23. The van der Waals surface area contributed by atoms with Crippen molar-refractivity contribution in [3.8, 4) is 0 Å². The van der Waals surface area contributed by atoms with Gasteiger partial charge in [-0.25, -0.2) is 4.79 Å². The Morgan fingerprint density at radius 2 is 1.52 bits per heavy atom. The zero-order valence-corrected chi connectivity index (χ0v) is 13.8. The van der Waals surface area contributed by atoms with Gasteiger partial charge in [-0.2, -0.15) is 0 Å². The third-order valence-electron chi connectivity index (χ3n) is 3.76. The molecule has 4 nitrogen and oxygen atoms in total. The van der Waals surface area contributed by atoms with Crippen molar-refractivity contribution in [3.05, 3.63) is 59.2 Å². The van der Waals surface area contributed by atoms with Gasteiger partial charge in [0.15, 0.2) is 5.78 Å². The van der Waals surface area contributed by atoms with Gasteiger partial charge in [-0.15, -0.1) is 0 Å². The lowest BCUT2D eigenvalue weighted by Crippen LogP contribution is -2.21. The minimum atomic E-state index is -0.304. The third kappa shape index (κ3) is 4.19. The number of Topliss-reactive ketones (excluding diaryl/α,β-unsaturated/α-hetero) is 1. The van der Waals surface area contributed by atoms with Crippen molar-refractivity contribution in [2.75, 3.05) is 10.6 Å². The molecule has 2 aromatic carbocycles. The molecule has 0 bridgehead atoms. The first-order valence-electron chi connectivity index (χ1n) is 7.84. The maximum atomic E-state index is 12.3. The second-order valence-electron chi connectivity index (χ2n) is 5.37. The van der Waals surface area contributed by atoms with Gasteiger partial charge in [-0.3, -0.25) is 4.79 Å². The van der Waals surface area contributed by atoms with E-state index in [1.54, 1.807) is 24.3 Å². The maximum Gasteiger partial charge on any atom is 0.323 e. The molecule has 2 N–H and O–H groups in total. The van der Waals surface area contributed by atoms with Crippen LogP contribution in [0.5, 0.6) is 0 Å². The van der Waals surface area contributed by atoms with E-state index in [4.69, 9.17) is 0 Å². The molecule has 0 aliphatic heterocycles. The van der Waals surface area contributed by atoms with Crippen molar-refractivity contribution in [2.24, 2.45) is 0 Å². The highest BCUT2D eigenvalue weighted by molar-refractivity contribution is 6.02. The van der Waals surface area contributed by atoms with E-state index in [0.29, 0.717) is 11.3 Å². The van der Waals surface area contributed by atoms with E-state index in [0.717, 1.165) is 29.7 Å². The molecule has 0 unspecified atom stereocenters. The van der Waals surface area contributed by atoms with Gasteiger partial charge in [-0.05, 0) is 43.0 Å². The highest BCUT2D eigenvalue weighted by Gasteiger charge is 2.10. The fourth-order valence-electron chi connectivity index (χ4n) is 2.49. The zero-order chi connectivity index (χ0) is 16.8. The molecule has 2 amide bonds. The number of urea groups is 1. The van der Waals surface area contributed by atoms with Crippen LogP contribution in [0.15, 0.2) is 42.5 Å². The summed E-state index contributed by atoms with van der Waals surface area (Å²) < 4.78 is 0. The number of aryl methyl sites for hydroxylation is 2. The van der Waals surface area contributed by atoms with Crippen LogP contribution in [-0.2, 0) is 12.8 Å². The van der Waals surface area contributed by atoms with Crippen LogP contribution < -0.4 is 10.6 Å². The number of para-hydroxylation sites is 1. The first-order valence-corrected chi connectivity index (χ1v) is 7.84. The van der Waals surface area contributed by atoms with E-state index in [9.17, 15) is 9.59 Å². The van der Waals surface area contributed by atoms with E-state index < -0.39 is 0 Å². The van der Waals surface area contributed by atoms with Crippen LogP contribution >= 0.6 is 0 Å². The van der Waals surface area contributed by atoms with E-state index in [1.165, 1.54) is 6.92 Å². The summed E-state index contributed by atoms with van der Waals surface area (Å²) in [6, 6.07) is 12.7. The highest BCUT2D eigenvalue weighted by atomic mass is 16.2. The van der Waals surface area contributed by atoms with Crippen LogP contribution in [0.1, 0.15) is 42.3 Å². The van der Waals surface area contributed by atoms with Gasteiger partial charge in [0.2, 0.25) is 0 Å². The molecule has 23 heavy (non-hydrogen) atoms. The van der Waals surface area contributed by atoms with Crippen LogP contribution in [0.3, 0.4) is 0 Å². The molecule has 0 heterocycles. The fraction of sp³-hybridized carbons (Fsp3) is 0.263. The number of hydrogen-bond donors (Lipinski definition) is 2. The monoisotopic (exact) mass is 310 g/mol. The van der Waals surface area contributed by atoms with Gasteiger partial charge < -0.3 is 10.6 Å². The summed E-state index contributed by atoms with van der Waals surface area (Å²) in [4.78, 5) is 23.7. The zero-order valence-electron chi connectivity index (χ0n) is 13.8. The number of hydrogen-bond acceptors (Lipinski definition) is 2. The largest absolute Gasteiger partial charge is 0.323 e. The summed E-state index contributed by atoms with van der Waals surface area (Å²) in [5, 5.41) is 5.73. The molecule has 0 aliphatic rings. The van der Waals surface area contributed by atoms with Crippen LogP contribution in [-0.4, -0.2) is 11.8 Å². The Morgan fingerprint density at radius 1 is 0.913 bits per heavy atom. The number of rotatable bonds is 5. The summed E-state index contributed by atoms with van der Waals surface area (Å²) in [5.41, 5.74) is 4.26. The summed E-state index contributed by atoms with van der Waals surface area (Å²) in [7, 11) is 0. The van der Waals surface area contributed by atoms with Crippen LogP contribution in [0, 0.1) is 0 Å². The van der Waals surface area contributed by atoms with E-state index >= 15 is 0 Å². The Kier molecular flexibility index (Phi) is 5.52. The van der Waals surface area contributed by atoms with E-state index in [2.05, 4.69) is 24.5 Å². The van der Waals surface area contributed by atoms with Crippen LogP contribution in [0.4, 0.5) is 16.2 Å². The Bertz CT molecular complexity index is 701. The summed E-state index contributed by atoms with van der Waals surface area (Å²) >= 11 is 0. The predicted molar refractivity (Wildman–Crippen MR) is 94.3 cm³/mol. The Hall–Kier alpha value is -2.62. The first kappa shape index (κ1) is 16.7. The lowest BCUT2D eigenvalue weighted by atomic mass is 10.0. The van der Waals surface area contributed by atoms with Gasteiger partial charge in [0, 0.05) is 16.9 Å². The van der Waals surface area contributed by atoms with Crippen molar-refractivity contribution in [1.82, 2.24) is 0 Å². The molecule has 4 heteroatoms. The smallest absolute Gasteiger partial charge is 0.308 e. The molecular weight excluding hydrogens is 288 g/mol. The van der Waals surface area contributed by atoms with Crippen molar-refractivity contribution in [2.45, 2.75) is 33.6 Å². The minimum absolute atomic E-state index is 0.0290. The molecular formula is C19H22N2O2. The number of carbonyl (C=O) groups is 2. The number of carbonyl (C=O) groups excluding carboxylic acids is 2. The molecule has 0 saturated carbocycles. The molecule has 120 valence electrons. The molecule has 0 spiro atoms. The molecule has 0 aromatic heterocycles. The average molecular weight is 310 g/mol. The maximum absolute atomic E-state index is 12.3. The summed E-state index contributed by atoms with van der Waals surface area (Å²) in [6.45, 7) is 5.63. The molecule has 2 rings (SSSR count). The fourth-order valence-corrected chi connectivity index (χ4v) is 2.49. The topological polar surface area (TPSA) is 58.2 Å². The molecule has 0 radical (unpaired) electrons. The van der Waals surface area contributed by atoms with E-state index in [1.807, 2.05) is 18.2 Å². The van der Waals surface area contributed by atoms with Crippen LogP contribution in [0.25, 0.3) is 0 Å². The minimum Gasteiger partial charge on any atom is -0.308 e. The summed E-state index contributed by atoms with van der Waals surface area (Å²) in [5.74, 6) is -0.0290. The molecule has 0 aliphatic carbocycles. The SMILES string of the molecule is CCc1cccc(CC)c1NC(=O)Nc1cccc(C(C)=O)c1. The Balaban J connectivity index is 2.17. The molecule has 0 saturated heterocycles. The van der Waals surface area contributed by atoms with Crippen molar-refractivity contribution < 1.29 is 9.59 Å². The number of nitrogens with one attached hydrogen (secondary N) is 2. The Morgan fingerprint density at radius 3 is 2.09 bits per heavy atom. The van der Waals surface area contributed by atoms with Gasteiger partial charge in [0.05, 0.1) is 0 Å². The Labute approximate surface area is 136 Å². The molecule has 0 fully saturated rings.